The van der Waals surface area contributed by atoms with E-state index >= 15 is 0 Å². The predicted octanol–water partition coefficient (Wildman–Crippen LogP) is 2.66. The van der Waals surface area contributed by atoms with Crippen molar-refractivity contribution in [2.75, 3.05) is 38.3 Å². The van der Waals surface area contributed by atoms with Gasteiger partial charge in [0.15, 0.2) is 10.8 Å². The monoisotopic (exact) mass is 546 g/mol. The largest absolute Gasteiger partial charge is 0.486 e. The lowest BCUT2D eigenvalue weighted by atomic mass is 9.99. The third-order valence-electron chi connectivity index (χ3n) is 6.43. The Morgan fingerprint density at radius 2 is 2.03 bits per heavy atom. The van der Waals surface area contributed by atoms with Gasteiger partial charge in [-0.25, -0.2) is 17.7 Å². The van der Waals surface area contributed by atoms with E-state index in [-0.39, 0.29) is 53.5 Å². The lowest BCUT2D eigenvalue weighted by Crippen LogP contribution is -2.50. The maximum Gasteiger partial charge on any atom is 0.284 e. The van der Waals surface area contributed by atoms with Crippen LogP contribution in [0.5, 0.6) is 5.75 Å². The number of ether oxygens (including phenoxy) is 1. The molecule has 0 bridgehead atoms. The molecule has 1 aromatic heterocycles. The molecule has 0 unspecified atom stereocenters. The van der Waals surface area contributed by atoms with E-state index < -0.39 is 28.1 Å². The van der Waals surface area contributed by atoms with Gasteiger partial charge in [-0.15, -0.1) is 11.3 Å². The number of amides is 2. The Kier molecular flexibility index (Phi) is 7.83. The zero-order valence-corrected chi connectivity index (χ0v) is 22.7. The molecule has 12 heteroatoms. The van der Waals surface area contributed by atoms with Crippen LogP contribution in [0.1, 0.15) is 34.0 Å². The smallest absolute Gasteiger partial charge is 0.284 e. The SMILES string of the molecule is C[C@@H]1CN([C@H](C)CO)C(=O)c2cccc(NC(=O)c3nc4ccccc4s3)c2O[C@@H]1CN(C)S(C)(=O)=O. The summed E-state index contributed by atoms with van der Waals surface area (Å²) in [6.07, 6.45) is 0.474. The lowest BCUT2D eigenvalue weighted by Gasteiger charge is -2.38. The number of fused-ring (bicyclic) bond motifs is 2. The first-order valence-electron chi connectivity index (χ1n) is 11.8. The minimum atomic E-state index is -3.49. The van der Waals surface area contributed by atoms with Gasteiger partial charge in [-0.1, -0.05) is 25.1 Å². The zero-order chi connectivity index (χ0) is 26.9. The second-order valence-corrected chi connectivity index (χ2v) is 12.4. The molecule has 10 nitrogen and oxygen atoms in total. The number of thiazole rings is 1. The van der Waals surface area contributed by atoms with E-state index in [2.05, 4.69) is 10.3 Å². The summed E-state index contributed by atoms with van der Waals surface area (Å²) >= 11 is 1.25. The van der Waals surface area contributed by atoms with E-state index in [1.165, 1.54) is 22.7 Å². The Labute approximate surface area is 219 Å². The van der Waals surface area contributed by atoms with Crippen molar-refractivity contribution in [3.8, 4) is 5.75 Å². The molecule has 2 aromatic carbocycles. The number of hydrogen-bond donors (Lipinski definition) is 2. The van der Waals surface area contributed by atoms with Crippen LogP contribution < -0.4 is 10.1 Å². The molecule has 0 radical (unpaired) electrons. The van der Waals surface area contributed by atoms with Crippen molar-refractivity contribution in [1.29, 1.82) is 0 Å². The number of benzene rings is 2. The first-order valence-corrected chi connectivity index (χ1v) is 14.5. The van der Waals surface area contributed by atoms with Gasteiger partial charge < -0.3 is 20.1 Å². The lowest BCUT2D eigenvalue weighted by molar-refractivity contribution is 0.0389. The average Bonchev–Trinajstić information content (AvgIpc) is 3.30. The summed E-state index contributed by atoms with van der Waals surface area (Å²) in [4.78, 5) is 32.7. The van der Waals surface area contributed by atoms with E-state index in [0.717, 1.165) is 11.0 Å². The van der Waals surface area contributed by atoms with Crippen molar-refractivity contribution in [2.24, 2.45) is 5.92 Å². The number of carbonyl (C=O) groups is 2. The summed E-state index contributed by atoms with van der Waals surface area (Å²) in [6.45, 7) is 3.65. The summed E-state index contributed by atoms with van der Waals surface area (Å²) in [5.74, 6) is -0.945. The van der Waals surface area contributed by atoms with Crippen LogP contribution in [0, 0.1) is 5.92 Å². The predicted molar refractivity (Wildman–Crippen MR) is 143 cm³/mol. The normalized spacial score (nSPS) is 19.2. The van der Waals surface area contributed by atoms with Crippen LogP contribution in [0.4, 0.5) is 5.69 Å². The Morgan fingerprint density at radius 3 is 2.70 bits per heavy atom. The quantitative estimate of drug-likeness (QED) is 0.466. The van der Waals surface area contributed by atoms with Crippen LogP contribution >= 0.6 is 11.3 Å². The minimum Gasteiger partial charge on any atom is -0.486 e. The maximum atomic E-state index is 13.6. The van der Waals surface area contributed by atoms with Crippen molar-refractivity contribution < 1.29 is 27.9 Å². The molecule has 0 saturated heterocycles. The number of aromatic nitrogens is 1. The molecule has 37 heavy (non-hydrogen) atoms. The fourth-order valence-electron chi connectivity index (χ4n) is 4.09. The number of hydrogen-bond acceptors (Lipinski definition) is 8. The second kappa shape index (κ2) is 10.7. The summed E-state index contributed by atoms with van der Waals surface area (Å²) in [7, 11) is -2.03. The summed E-state index contributed by atoms with van der Waals surface area (Å²) in [5, 5.41) is 12.9. The number of carbonyl (C=O) groups excluding carboxylic acids is 2. The second-order valence-electron chi connectivity index (χ2n) is 9.29. The highest BCUT2D eigenvalue weighted by Gasteiger charge is 2.35. The van der Waals surface area contributed by atoms with E-state index in [1.807, 2.05) is 31.2 Å². The molecule has 198 valence electrons. The Balaban J connectivity index is 1.74. The molecule has 1 aliphatic heterocycles. The van der Waals surface area contributed by atoms with Crippen molar-refractivity contribution in [2.45, 2.75) is 26.0 Å². The van der Waals surface area contributed by atoms with Gasteiger partial charge in [-0.05, 0) is 31.2 Å². The number of anilines is 1. The van der Waals surface area contributed by atoms with Crippen LogP contribution in [0.3, 0.4) is 0 Å². The minimum absolute atomic E-state index is 0.0368. The number of aliphatic hydroxyl groups is 1. The highest BCUT2D eigenvalue weighted by Crippen LogP contribution is 2.35. The highest BCUT2D eigenvalue weighted by molar-refractivity contribution is 7.88. The van der Waals surface area contributed by atoms with Crippen LogP contribution in [-0.2, 0) is 10.0 Å². The molecule has 2 heterocycles. The van der Waals surface area contributed by atoms with Gasteiger partial charge in [0.05, 0.1) is 46.9 Å². The van der Waals surface area contributed by atoms with Gasteiger partial charge in [0.1, 0.15) is 6.10 Å². The molecule has 2 N–H and O–H groups in total. The molecule has 0 spiro atoms. The molecule has 2 amide bonds. The molecule has 3 aromatic rings. The third kappa shape index (κ3) is 5.77. The fraction of sp³-hybridized carbons (Fsp3) is 0.400. The van der Waals surface area contributed by atoms with Crippen LogP contribution in [0.25, 0.3) is 10.2 Å². The molecular formula is C25H30N4O6S2. The molecular weight excluding hydrogens is 516 g/mol. The third-order valence-corrected chi connectivity index (χ3v) is 8.75. The average molecular weight is 547 g/mol. The van der Waals surface area contributed by atoms with Gasteiger partial charge >= 0.3 is 0 Å². The summed E-state index contributed by atoms with van der Waals surface area (Å²) < 4.78 is 32.7. The van der Waals surface area contributed by atoms with Gasteiger partial charge in [0.2, 0.25) is 10.0 Å². The van der Waals surface area contributed by atoms with Gasteiger partial charge in [0.25, 0.3) is 11.8 Å². The number of para-hydroxylation sites is 2. The highest BCUT2D eigenvalue weighted by atomic mass is 32.2. The van der Waals surface area contributed by atoms with Gasteiger partial charge in [-0.2, -0.15) is 0 Å². The van der Waals surface area contributed by atoms with Gasteiger partial charge in [0, 0.05) is 19.5 Å². The first-order chi connectivity index (χ1) is 17.5. The topological polar surface area (TPSA) is 129 Å². The zero-order valence-electron chi connectivity index (χ0n) is 21.0. The van der Waals surface area contributed by atoms with E-state index in [9.17, 15) is 23.1 Å². The Bertz CT molecular complexity index is 1390. The van der Waals surface area contributed by atoms with Crippen molar-refractivity contribution in [3.63, 3.8) is 0 Å². The van der Waals surface area contributed by atoms with E-state index in [1.54, 1.807) is 30.0 Å². The molecule has 0 aliphatic carbocycles. The van der Waals surface area contributed by atoms with E-state index in [4.69, 9.17) is 4.74 Å². The number of aliphatic hydroxyl groups excluding tert-OH is 1. The number of nitrogens with one attached hydrogen (secondary N) is 1. The molecule has 1 aliphatic rings. The molecule has 3 atom stereocenters. The van der Waals surface area contributed by atoms with Crippen molar-refractivity contribution >= 4 is 49.1 Å². The molecule has 0 saturated carbocycles. The van der Waals surface area contributed by atoms with E-state index in [0.29, 0.717) is 5.52 Å². The fourth-order valence-corrected chi connectivity index (χ4v) is 5.37. The van der Waals surface area contributed by atoms with Crippen LogP contribution in [-0.4, -0.2) is 84.7 Å². The Morgan fingerprint density at radius 1 is 1.30 bits per heavy atom. The number of likely N-dealkylation sites (N-methyl/N-ethyl adjacent to an activating group) is 1. The maximum absolute atomic E-state index is 13.6. The Hall–Kier alpha value is -3.06. The van der Waals surface area contributed by atoms with Crippen LogP contribution in [0.2, 0.25) is 0 Å². The summed E-state index contributed by atoms with van der Waals surface area (Å²) in [6, 6.07) is 11.8. The summed E-state index contributed by atoms with van der Waals surface area (Å²) in [5.41, 5.74) is 1.19. The standard InChI is InChI=1S/C25H30N4O6S2/c1-15-12-29(16(2)14-30)25(32)17-8-7-10-19(22(17)35-20(15)13-28(3)37(4,33)34)26-23(31)24-27-18-9-5-6-11-21(18)36-24/h5-11,15-16,20,30H,12-14H2,1-4H3,(H,26,31)/t15-,16-,20-/m1/s1. The van der Waals surface area contributed by atoms with Gasteiger partial charge in [-0.3, -0.25) is 9.59 Å². The number of rotatable bonds is 7. The van der Waals surface area contributed by atoms with Crippen molar-refractivity contribution in [3.05, 3.63) is 53.0 Å². The number of sulfonamides is 1. The molecule has 0 fully saturated rings. The first kappa shape index (κ1) is 27.0. The molecule has 4 rings (SSSR count). The number of nitrogens with zero attached hydrogens (tertiary/aromatic N) is 3. The van der Waals surface area contributed by atoms with Crippen LogP contribution in [0.15, 0.2) is 42.5 Å². The van der Waals surface area contributed by atoms with Crippen molar-refractivity contribution in [1.82, 2.24) is 14.2 Å².